The number of aromatic nitrogens is 1. The molecule has 1 aliphatic rings. The van der Waals surface area contributed by atoms with E-state index in [-0.39, 0.29) is 18.1 Å². The van der Waals surface area contributed by atoms with Crippen LogP contribution in [0.1, 0.15) is 34.5 Å². The number of carbonyl (C=O) groups excluding carboxylic acids is 2. The number of carbonyl (C=O) groups is 2. The van der Waals surface area contributed by atoms with Gasteiger partial charge in [-0.15, -0.1) is 0 Å². The third kappa shape index (κ3) is 3.99. The Hall–Kier alpha value is -4.32. The second-order valence-corrected chi connectivity index (χ2v) is 7.55. The summed E-state index contributed by atoms with van der Waals surface area (Å²) in [6, 6.07) is 21.9. The minimum atomic E-state index is -0.928. The molecule has 0 spiro atoms. The lowest BCUT2D eigenvalue weighted by Gasteiger charge is -2.18. The van der Waals surface area contributed by atoms with Gasteiger partial charge in [0.25, 0.3) is 0 Å². The minimum Gasteiger partial charge on any atom is -0.474 e. The number of H-pyrrole nitrogens is 1. The maximum absolute atomic E-state index is 12.9. The highest BCUT2D eigenvalue weighted by atomic mass is 16.6. The highest BCUT2D eigenvalue weighted by Gasteiger charge is 2.30. The quantitative estimate of drug-likeness (QED) is 0.319. The molecule has 2 heterocycles. The van der Waals surface area contributed by atoms with Gasteiger partial charge in [-0.3, -0.25) is 4.79 Å². The van der Waals surface area contributed by atoms with Gasteiger partial charge in [0, 0.05) is 34.3 Å². The standard InChI is InChI=1S/C27H21NO5/c1-2-31-27(30)26(17-8-4-3-5-9-17)32-19-12-13-21-23(15-19)33-24(25(21)29)14-18-16-28-22-11-7-6-10-20(18)22/h3-16,26,28H,2H2,1H3. The van der Waals surface area contributed by atoms with Crippen LogP contribution in [-0.4, -0.2) is 23.3 Å². The molecule has 1 N–H and O–H groups in total. The molecule has 4 aromatic rings. The Kier molecular flexibility index (Phi) is 5.40. The zero-order valence-corrected chi connectivity index (χ0v) is 17.9. The Bertz CT molecular complexity index is 1370. The van der Waals surface area contributed by atoms with Crippen LogP contribution in [0.25, 0.3) is 17.0 Å². The fourth-order valence-electron chi connectivity index (χ4n) is 3.83. The molecule has 0 aliphatic carbocycles. The number of rotatable bonds is 6. The zero-order valence-electron chi connectivity index (χ0n) is 17.9. The van der Waals surface area contributed by atoms with Crippen molar-refractivity contribution in [3.05, 3.63) is 101 Å². The molecule has 164 valence electrons. The molecule has 1 atom stereocenters. The van der Waals surface area contributed by atoms with Gasteiger partial charge in [0.15, 0.2) is 5.76 Å². The van der Waals surface area contributed by atoms with Crippen molar-refractivity contribution in [3.63, 3.8) is 0 Å². The van der Waals surface area contributed by atoms with Crippen LogP contribution in [0.4, 0.5) is 0 Å². The van der Waals surface area contributed by atoms with Gasteiger partial charge in [-0.2, -0.15) is 0 Å². The van der Waals surface area contributed by atoms with Gasteiger partial charge in [-0.05, 0) is 31.2 Å². The largest absolute Gasteiger partial charge is 0.474 e. The maximum atomic E-state index is 12.9. The summed E-state index contributed by atoms with van der Waals surface area (Å²) < 4.78 is 17.1. The van der Waals surface area contributed by atoms with Crippen LogP contribution in [0.2, 0.25) is 0 Å². The first-order valence-electron chi connectivity index (χ1n) is 10.7. The molecule has 1 aliphatic heterocycles. The summed E-state index contributed by atoms with van der Waals surface area (Å²) >= 11 is 0. The van der Waals surface area contributed by atoms with Crippen LogP contribution in [-0.2, 0) is 9.53 Å². The normalized spacial score (nSPS) is 14.7. The van der Waals surface area contributed by atoms with E-state index >= 15 is 0 Å². The van der Waals surface area contributed by atoms with Crippen molar-refractivity contribution < 1.29 is 23.8 Å². The average molecular weight is 439 g/mol. The molecule has 33 heavy (non-hydrogen) atoms. The zero-order chi connectivity index (χ0) is 22.8. The molecular formula is C27H21NO5. The lowest BCUT2D eigenvalue weighted by atomic mass is 10.1. The monoisotopic (exact) mass is 439 g/mol. The topological polar surface area (TPSA) is 77.6 Å². The number of para-hydroxylation sites is 1. The van der Waals surface area contributed by atoms with Crippen LogP contribution in [0, 0.1) is 0 Å². The van der Waals surface area contributed by atoms with Gasteiger partial charge in [-0.1, -0.05) is 48.5 Å². The lowest BCUT2D eigenvalue weighted by molar-refractivity contribution is -0.151. The smallest absolute Gasteiger partial charge is 0.352 e. The summed E-state index contributed by atoms with van der Waals surface area (Å²) in [5, 5.41) is 1.00. The molecule has 1 unspecified atom stereocenters. The Balaban J connectivity index is 1.42. The molecular weight excluding hydrogens is 418 g/mol. The van der Waals surface area contributed by atoms with E-state index in [1.165, 1.54) is 0 Å². The Morgan fingerprint density at radius 3 is 2.67 bits per heavy atom. The first-order valence-corrected chi connectivity index (χ1v) is 10.7. The SMILES string of the molecule is CCOC(=O)C(Oc1ccc2c(c1)OC(=Cc1c[nH]c3ccccc13)C2=O)c1ccccc1. The van der Waals surface area contributed by atoms with Crippen LogP contribution in [0.5, 0.6) is 11.5 Å². The van der Waals surface area contributed by atoms with E-state index in [1.54, 1.807) is 43.3 Å². The third-order valence-corrected chi connectivity index (χ3v) is 5.41. The van der Waals surface area contributed by atoms with Crippen molar-refractivity contribution in [1.29, 1.82) is 0 Å². The predicted molar refractivity (Wildman–Crippen MR) is 124 cm³/mol. The first-order chi connectivity index (χ1) is 16.1. The van der Waals surface area contributed by atoms with Crippen LogP contribution < -0.4 is 9.47 Å². The van der Waals surface area contributed by atoms with Crippen molar-refractivity contribution in [2.24, 2.45) is 0 Å². The second kappa shape index (κ2) is 8.67. The molecule has 1 aromatic heterocycles. The van der Waals surface area contributed by atoms with Gasteiger partial charge in [-0.25, -0.2) is 4.79 Å². The summed E-state index contributed by atoms with van der Waals surface area (Å²) in [6.07, 6.45) is 2.64. The third-order valence-electron chi connectivity index (χ3n) is 5.41. The molecule has 0 amide bonds. The van der Waals surface area contributed by atoms with E-state index in [1.807, 2.05) is 48.7 Å². The molecule has 0 radical (unpaired) electrons. The summed E-state index contributed by atoms with van der Waals surface area (Å²) in [5.41, 5.74) is 2.97. The highest BCUT2D eigenvalue weighted by molar-refractivity contribution is 6.15. The van der Waals surface area contributed by atoms with Gasteiger partial charge in [0.1, 0.15) is 11.5 Å². The van der Waals surface area contributed by atoms with E-state index in [2.05, 4.69) is 4.98 Å². The Labute approximate surface area is 190 Å². The number of benzene rings is 3. The minimum absolute atomic E-state index is 0.202. The number of fused-ring (bicyclic) bond motifs is 2. The van der Waals surface area contributed by atoms with Crippen LogP contribution in [0.3, 0.4) is 0 Å². The fraction of sp³-hybridized carbons (Fsp3) is 0.111. The molecule has 6 nitrogen and oxygen atoms in total. The molecule has 0 fully saturated rings. The number of ketones is 1. The van der Waals surface area contributed by atoms with Crippen LogP contribution >= 0.6 is 0 Å². The molecule has 0 saturated heterocycles. The average Bonchev–Trinajstić information content (AvgIpc) is 3.39. The van der Waals surface area contributed by atoms with Crippen molar-refractivity contribution in [3.8, 4) is 11.5 Å². The summed E-state index contributed by atoms with van der Waals surface area (Å²) in [7, 11) is 0. The molecule has 0 saturated carbocycles. The summed E-state index contributed by atoms with van der Waals surface area (Å²) in [5.74, 6) is 0.334. The number of Topliss-reactive ketones (excluding diaryl/α,β-unsaturated/α-hetero) is 1. The van der Waals surface area contributed by atoms with Gasteiger partial charge < -0.3 is 19.2 Å². The van der Waals surface area contributed by atoms with E-state index < -0.39 is 12.1 Å². The van der Waals surface area contributed by atoms with Crippen molar-refractivity contribution in [1.82, 2.24) is 4.98 Å². The number of nitrogens with one attached hydrogen (secondary N) is 1. The molecule has 5 rings (SSSR count). The molecule has 6 heteroatoms. The number of esters is 1. The van der Waals surface area contributed by atoms with E-state index in [0.717, 1.165) is 16.5 Å². The van der Waals surface area contributed by atoms with E-state index in [0.29, 0.717) is 22.6 Å². The number of aromatic amines is 1. The Morgan fingerprint density at radius 1 is 1.06 bits per heavy atom. The summed E-state index contributed by atoms with van der Waals surface area (Å²) in [4.78, 5) is 28.6. The van der Waals surface area contributed by atoms with Crippen LogP contribution in [0.15, 0.2) is 84.8 Å². The number of ether oxygens (including phenoxy) is 3. The molecule has 3 aromatic carbocycles. The number of hydrogen-bond donors (Lipinski definition) is 1. The van der Waals surface area contributed by atoms with Gasteiger partial charge >= 0.3 is 5.97 Å². The first kappa shape index (κ1) is 20.6. The number of hydrogen-bond acceptors (Lipinski definition) is 5. The predicted octanol–water partition coefficient (Wildman–Crippen LogP) is 5.47. The maximum Gasteiger partial charge on any atom is 0.352 e. The van der Waals surface area contributed by atoms with E-state index in [4.69, 9.17) is 14.2 Å². The summed E-state index contributed by atoms with van der Waals surface area (Å²) in [6.45, 7) is 1.99. The van der Waals surface area contributed by atoms with Gasteiger partial charge in [0.05, 0.1) is 12.2 Å². The van der Waals surface area contributed by atoms with Gasteiger partial charge in [0.2, 0.25) is 11.9 Å². The highest BCUT2D eigenvalue weighted by Crippen LogP contribution is 2.37. The van der Waals surface area contributed by atoms with Crippen molar-refractivity contribution in [2.75, 3.05) is 6.61 Å². The number of allylic oxidation sites excluding steroid dienone is 1. The molecule has 0 bridgehead atoms. The van der Waals surface area contributed by atoms with Crippen molar-refractivity contribution >= 4 is 28.7 Å². The van der Waals surface area contributed by atoms with E-state index in [9.17, 15) is 9.59 Å². The lowest BCUT2D eigenvalue weighted by Crippen LogP contribution is -2.21. The van der Waals surface area contributed by atoms with Crippen molar-refractivity contribution in [2.45, 2.75) is 13.0 Å². The Morgan fingerprint density at radius 2 is 1.85 bits per heavy atom. The second-order valence-electron chi connectivity index (χ2n) is 7.55. The fourth-order valence-corrected chi connectivity index (χ4v) is 3.83.